The first-order chi connectivity index (χ1) is 16.9. The minimum atomic E-state index is 0.967. The van der Waals surface area contributed by atoms with Gasteiger partial charge in [-0.05, 0) is 108 Å². The molecule has 5 rings (SSSR count). The van der Waals surface area contributed by atoms with Gasteiger partial charge in [-0.25, -0.2) is 0 Å². The SMILES string of the molecule is C1=CCCCCC2CN3CCCCCCCCCCC4CC(CN(CCCCCC1)C4)C2CC3. The van der Waals surface area contributed by atoms with Gasteiger partial charge in [-0.15, -0.1) is 0 Å². The van der Waals surface area contributed by atoms with Crippen molar-refractivity contribution in [3.63, 3.8) is 0 Å². The van der Waals surface area contributed by atoms with Crippen molar-refractivity contribution in [2.75, 3.05) is 39.3 Å². The van der Waals surface area contributed by atoms with Crippen molar-refractivity contribution in [3.8, 4) is 0 Å². The highest BCUT2D eigenvalue weighted by atomic mass is 15.1. The summed E-state index contributed by atoms with van der Waals surface area (Å²) in [4.78, 5) is 5.84. The molecule has 0 radical (unpaired) electrons. The van der Waals surface area contributed by atoms with Crippen LogP contribution in [0.4, 0.5) is 0 Å². The van der Waals surface area contributed by atoms with Gasteiger partial charge in [0.1, 0.15) is 0 Å². The fourth-order valence-electron chi connectivity index (χ4n) is 7.99. The highest BCUT2D eigenvalue weighted by Gasteiger charge is 2.38. The molecule has 4 saturated heterocycles. The fraction of sp³-hybridized carbons (Fsp3) is 0.938. The van der Waals surface area contributed by atoms with Crippen molar-refractivity contribution in [1.29, 1.82) is 0 Å². The number of allylic oxidation sites excluding steroid dienone is 2. The molecule has 5 aliphatic rings. The molecule has 2 nitrogen and oxygen atoms in total. The number of piperidine rings is 2. The number of nitrogens with zero attached hydrogens (tertiary/aromatic N) is 2. The molecule has 6 bridgehead atoms. The molecule has 196 valence electrons. The van der Waals surface area contributed by atoms with E-state index >= 15 is 0 Å². The molecule has 6 unspecified atom stereocenters. The van der Waals surface area contributed by atoms with Crippen LogP contribution in [0.15, 0.2) is 12.2 Å². The van der Waals surface area contributed by atoms with E-state index in [0.717, 1.165) is 23.7 Å². The Balaban J connectivity index is 1.46. The third-order valence-corrected chi connectivity index (χ3v) is 9.92. The number of hydrogen-bond acceptors (Lipinski definition) is 2. The van der Waals surface area contributed by atoms with Gasteiger partial charge in [-0.1, -0.05) is 76.4 Å². The normalized spacial score (nSPS) is 38.4. The third-order valence-electron chi connectivity index (χ3n) is 9.92. The molecule has 0 aliphatic carbocycles. The average molecular weight is 471 g/mol. The van der Waals surface area contributed by atoms with Gasteiger partial charge in [-0.2, -0.15) is 0 Å². The summed E-state index contributed by atoms with van der Waals surface area (Å²) in [5.41, 5.74) is 0. The van der Waals surface area contributed by atoms with Crippen LogP contribution in [0, 0.1) is 23.7 Å². The molecule has 0 saturated carbocycles. The van der Waals surface area contributed by atoms with Crippen LogP contribution < -0.4 is 0 Å². The van der Waals surface area contributed by atoms with Gasteiger partial charge in [-0.3, -0.25) is 0 Å². The molecule has 0 N–H and O–H groups in total. The van der Waals surface area contributed by atoms with Gasteiger partial charge >= 0.3 is 0 Å². The van der Waals surface area contributed by atoms with Crippen molar-refractivity contribution in [2.45, 2.75) is 128 Å². The Labute approximate surface area is 213 Å². The van der Waals surface area contributed by atoms with Crippen LogP contribution in [0.5, 0.6) is 0 Å². The second kappa shape index (κ2) is 15.7. The largest absolute Gasteiger partial charge is 0.303 e. The zero-order valence-electron chi connectivity index (χ0n) is 22.7. The quantitative estimate of drug-likeness (QED) is 0.328. The van der Waals surface area contributed by atoms with Gasteiger partial charge < -0.3 is 9.80 Å². The second-order valence-electron chi connectivity index (χ2n) is 12.7. The topological polar surface area (TPSA) is 6.48 Å². The molecule has 0 amide bonds. The maximum absolute atomic E-state index is 2.95. The fourth-order valence-corrected chi connectivity index (χ4v) is 7.99. The molecule has 4 fully saturated rings. The van der Waals surface area contributed by atoms with Gasteiger partial charge in [0.05, 0.1) is 0 Å². The van der Waals surface area contributed by atoms with E-state index in [1.54, 1.807) is 6.42 Å². The molecular weight excluding hydrogens is 412 g/mol. The predicted octanol–water partition coefficient (Wildman–Crippen LogP) is 8.47. The van der Waals surface area contributed by atoms with Crippen molar-refractivity contribution in [3.05, 3.63) is 12.2 Å². The van der Waals surface area contributed by atoms with Gasteiger partial charge in [0, 0.05) is 19.6 Å². The van der Waals surface area contributed by atoms with E-state index in [4.69, 9.17) is 0 Å². The van der Waals surface area contributed by atoms with Crippen LogP contribution in [0.25, 0.3) is 0 Å². The van der Waals surface area contributed by atoms with Gasteiger partial charge in [0.15, 0.2) is 0 Å². The lowest BCUT2D eigenvalue weighted by molar-refractivity contribution is 0.0185. The summed E-state index contributed by atoms with van der Waals surface area (Å²) in [6.45, 7) is 8.42. The highest BCUT2D eigenvalue weighted by Crippen LogP contribution is 2.40. The molecule has 0 aromatic heterocycles. The molecule has 34 heavy (non-hydrogen) atoms. The van der Waals surface area contributed by atoms with E-state index < -0.39 is 0 Å². The monoisotopic (exact) mass is 470 g/mol. The Kier molecular flexibility index (Phi) is 12.3. The summed E-state index contributed by atoms with van der Waals surface area (Å²) in [6.07, 6.45) is 34.1. The van der Waals surface area contributed by atoms with E-state index in [1.165, 1.54) is 161 Å². The highest BCUT2D eigenvalue weighted by molar-refractivity contribution is 4.91. The molecule has 0 spiro atoms. The number of rotatable bonds is 0. The standard InChI is InChI=1S/C32H58N2/c1-2-5-10-14-18-23-34-26-29-19-15-11-7-4-6-9-13-17-22-33-24-21-32(31(25-29)28-34)30(27-33)20-16-12-8-3-1/h1,3,29-32H,2,4-28H2. The summed E-state index contributed by atoms with van der Waals surface area (Å²) in [6, 6.07) is 0. The minimum absolute atomic E-state index is 0.967. The maximum Gasteiger partial charge on any atom is 0.00127 e. The minimum Gasteiger partial charge on any atom is -0.303 e. The Bertz CT molecular complexity index is 557. The second-order valence-corrected chi connectivity index (χ2v) is 12.7. The summed E-state index contributed by atoms with van der Waals surface area (Å²) < 4.78 is 0. The molecule has 5 aliphatic heterocycles. The Morgan fingerprint density at radius 1 is 0.441 bits per heavy atom. The number of hydrogen-bond donors (Lipinski definition) is 0. The lowest BCUT2D eigenvalue weighted by Crippen LogP contribution is -2.49. The molecular formula is C32H58N2. The first-order valence-electron chi connectivity index (χ1n) is 16.0. The van der Waals surface area contributed by atoms with E-state index in [-0.39, 0.29) is 0 Å². The zero-order chi connectivity index (χ0) is 23.3. The molecule has 2 heteroatoms. The van der Waals surface area contributed by atoms with E-state index in [9.17, 15) is 0 Å². The van der Waals surface area contributed by atoms with Crippen LogP contribution in [0.1, 0.15) is 128 Å². The van der Waals surface area contributed by atoms with Crippen LogP contribution in [-0.2, 0) is 0 Å². The molecule has 6 atom stereocenters. The lowest BCUT2D eigenvalue weighted by Gasteiger charge is -2.47. The summed E-state index contributed by atoms with van der Waals surface area (Å²) in [7, 11) is 0. The first kappa shape index (κ1) is 26.7. The lowest BCUT2D eigenvalue weighted by atomic mass is 9.69. The van der Waals surface area contributed by atoms with E-state index in [2.05, 4.69) is 22.0 Å². The Morgan fingerprint density at radius 2 is 1.03 bits per heavy atom. The maximum atomic E-state index is 2.95. The zero-order valence-corrected chi connectivity index (χ0v) is 22.7. The van der Waals surface area contributed by atoms with Crippen LogP contribution in [-0.4, -0.2) is 49.1 Å². The Hall–Kier alpha value is -0.340. The van der Waals surface area contributed by atoms with Crippen LogP contribution in [0.2, 0.25) is 0 Å². The van der Waals surface area contributed by atoms with Crippen molar-refractivity contribution >= 4 is 0 Å². The van der Waals surface area contributed by atoms with Crippen LogP contribution in [0.3, 0.4) is 0 Å². The molecule has 0 aromatic carbocycles. The average Bonchev–Trinajstić information content (AvgIpc) is 2.85. The summed E-state index contributed by atoms with van der Waals surface area (Å²) in [5, 5.41) is 0. The number of fused-ring (bicyclic) bond motifs is 11. The van der Waals surface area contributed by atoms with Crippen molar-refractivity contribution in [1.82, 2.24) is 9.80 Å². The molecule has 0 aromatic rings. The van der Waals surface area contributed by atoms with Gasteiger partial charge in [0.2, 0.25) is 0 Å². The van der Waals surface area contributed by atoms with Crippen molar-refractivity contribution in [2.24, 2.45) is 23.7 Å². The summed E-state index contributed by atoms with van der Waals surface area (Å²) >= 11 is 0. The van der Waals surface area contributed by atoms with E-state index in [0.29, 0.717) is 0 Å². The molecule has 5 heterocycles. The van der Waals surface area contributed by atoms with Crippen molar-refractivity contribution < 1.29 is 0 Å². The van der Waals surface area contributed by atoms with Crippen LogP contribution >= 0.6 is 0 Å². The van der Waals surface area contributed by atoms with Gasteiger partial charge in [0.25, 0.3) is 0 Å². The van der Waals surface area contributed by atoms with E-state index in [1.807, 2.05) is 0 Å². The summed E-state index contributed by atoms with van der Waals surface area (Å²) in [5.74, 6) is 3.94. The predicted molar refractivity (Wildman–Crippen MR) is 148 cm³/mol. The third kappa shape index (κ3) is 9.27. The first-order valence-corrected chi connectivity index (χ1v) is 16.0. The smallest absolute Gasteiger partial charge is 0.00127 e. The Morgan fingerprint density at radius 3 is 1.82 bits per heavy atom.